The van der Waals surface area contributed by atoms with Crippen LogP contribution < -0.4 is 5.32 Å². The molecule has 2 heterocycles. The average Bonchev–Trinajstić information content (AvgIpc) is 3.06. The van der Waals surface area contributed by atoms with Crippen molar-refractivity contribution in [1.82, 2.24) is 15.2 Å². The van der Waals surface area contributed by atoms with Gasteiger partial charge in [-0.15, -0.1) is 10.2 Å². The Morgan fingerprint density at radius 2 is 2.26 bits per heavy atom. The highest BCUT2D eigenvalue weighted by molar-refractivity contribution is 8.01. The highest BCUT2D eigenvalue weighted by atomic mass is 32.2. The van der Waals surface area contributed by atoms with Gasteiger partial charge in [-0.3, -0.25) is 14.9 Å². The van der Waals surface area contributed by atoms with Crippen molar-refractivity contribution >= 4 is 51.3 Å². The number of hydrogen-bond acceptors (Lipinski definition) is 8. The highest BCUT2D eigenvalue weighted by Crippen LogP contribution is 2.30. The zero-order valence-corrected chi connectivity index (χ0v) is 13.1. The molecule has 0 fully saturated rings. The van der Waals surface area contributed by atoms with Gasteiger partial charge >= 0.3 is 0 Å². The monoisotopic (exact) mass is 347 g/mol. The van der Waals surface area contributed by atoms with Crippen LogP contribution in [0.1, 0.15) is 0 Å². The number of fused-ring (bicyclic) bond motifs is 1. The molecular formula is C13H9N5O3S2. The molecule has 0 saturated carbocycles. The van der Waals surface area contributed by atoms with Gasteiger partial charge in [0, 0.05) is 17.6 Å². The summed E-state index contributed by atoms with van der Waals surface area (Å²) in [6.45, 7) is 0. The number of nitrogens with zero attached hydrogens (tertiary/aromatic N) is 4. The van der Waals surface area contributed by atoms with E-state index in [1.165, 1.54) is 41.4 Å². The fourth-order valence-electron chi connectivity index (χ4n) is 1.95. The van der Waals surface area contributed by atoms with Crippen LogP contribution in [0.5, 0.6) is 0 Å². The van der Waals surface area contributed by atoms with E-state index in [2.05, 4.69) is 20.5 Å². The summed E-state index contributed by atoms with van der Waals surface area (Å²) >= 11 is 2.63. The number of amides is 1. The van der Waals surface area contributed by atoms with E-state index in [0.717, 1.165) is 0 Å². The van der Waals surface area contributed by atoms with E-state index in [1.54, 1.807) is 17.6 Å². The Bertz CT molecular complexity index is 869. The van der Waals surface area contributed by atoms with E-state index < -0.39 is 4.92 Å². The first kappa shape index (κ1) is 15.3. The van der Waals surface area contributed by atoms with E-state index in [-0.39, 0.29) is 22.9 Å². The summed E-state index contributed by atoms with van der Waals surface area (Å²) in [5, 5.41) is 21.9. The summed E-state index contributed by atoms with van der Waals surface area (Å²) in [6.07, 6.45) is 1.48. The number of pyridine rings is 1. The van der Waals surface area contributed by atoms with E-state index >= 15 is 0 Å². The summed E-state index contributed by atoms with van der Waals surface area (Å²) < 4.78 is 0.704. The molecule has 0 atom stereocenters. The zero-order chi connectivity index (χ0) is 16.2. The molecule has 1 N–H and O–H groups in total. The Kier molecular flexibility index (Phi) is 4.44. The molecule has 3 aromatic rings. The summed E-state index contributed by atoms with van der Waals surface area (Å²) in [5.41, 5.74) is 2.23. The molecular weight excluding hydrogens is 338 g/mol. The van der Waals surface area contributed by atoms with Gasteiger partial charge in [-0.25, -0.2) is 4.98 Å². The van der Waals surface area contributed by atoms with Gasteiger partial charge in [-0.1, -0.05) is 23.1 Å². The van der Waals surface area contributed by atoms with Gasteiger partial charge in [0.1, 0.15) is 11.0 Å². The normalized spacial score (nSPS) is 10.6. The number of thioether (sulfide) groups is 1. The Hall–Kier alpha value is -2.59. The maximum absolute atomic E-state index is 12.0. The minimum atomic E-state index is -0.494. The number of benzene rings is 1. The van der Waals surface area contributed by atoms with Crippen molar-refractivity contribution in [2.75, 3.05) is 11.1 Å². The lowest BCUT2D eigenvalue weighted by molar-refractivity contribution is -0.383. The minimum absolute atomic E-state index is 0.0955. The van der Waals surface area contributed by atoms with Crippen molar-refractivity contribution in [1.29, 1.82) is 0 Å². The number of nitrogens with one attached hydrogen (secondary N) is 1. The first-order valence-corrected chi connectivity index (χ1v) is 8.22. The number of nitro groups is 1. The molecule has 1 aromatic carbocycles. The number of anilines is 1. The molecule has 0 saturated heterocycles. The number of rotatable bonds is 5. The predicted molar refractivity (Wildman–Crippen MR) is 87.7 cm³/mol. The standard InChI is InChI=1S/C13H9N5O3S2/c19-11(6-22-13-17-15-7-23-13)16-9-3-4-10(18(20)21)12-8(9)2-1-5-14-12/h1-5,7H,6H2,(H,16,19). The van der Waals surface area contributed by atoms with E-state index in [0.29, 0.717) is 15.4 Å². The molecule has 0 aliphatic heterocycles. The summed E-state index contributed by atoms with van der Waals surface area (Å²) in [5.74, 6) is -0.0577. The molecule has 23 heavy (non-hydrogen) atoms. The highest BCUT2D eigenvalue weighted by Gasteiger charge is 2.16. The van der Waals surface area contributed by atoms with Gasteiger partial charge in [0.2, 0.25) is 5.91 Å². The van der Waals surface area contributed by atoms with Crippen molar-refractivity contribution in [3.05, 3.63) is 46.1 Å². The lowest BCUT2D eigenvalue weighted by Crippen LogP contribution is -2.14. The van der Waals surface area contributed by atoms with Gasteiger partial charge in [0.15, 0.2) is 4.34 Å². The minimum Gasteiger partial charge on any atom is -0.325 e. The fraction of sp³-hybridized carbons (Fsp3) is 0.0769. The van der Waals surface area contributed by atoms with Crippen molar-refractivity contribution in [3.8, 4) is 0 Å². The van der Waals surface area contributed by atoms with Crippen LogP contribution in [0.3, 0.4) is 0 Å². The Morgan fingerprint density at radius 3 is 3.00 bits per heavy atom. The molecule has 3 rings (SSSR count). The van der Waals surface area contributed by atoms with Gasteiger partial charge in [-0.05, 0) is 18.2 Å². The number of non-ortho nitro benzene ring substituents is 1. The van der Waals surface area contributed by atoms with Gasteiger partial charge < -0.3 is 5.32 Å². The van der Waals surface area contributed by atoms with Gasteiger partial charge in [-0.2, -0.15) is 0 Å². The SMILES string of the molecule is O=C(CSc1nncs1)Nc1ccc([N+](=O)[O-])c2ncccc12. The molecule has 0 radical (unpaired) electrons. The van der Waals surface area contributed by atoms with Crippen molar-refractivity contribution in [2.24, 2.45) is 0 Å². The quantitative estimate of drug-likeness (QED) is 0.429. The summed E-state index contributed by atoms with van der Waals surface area (Å²) in [7, 11) is 0. The number of nitro benzene ring substituents is 1. The van der Waals surface area contributed by atoms with Crippen molar-refractivity contribution in [2.45, 2.75) is 4.34 Å². The molecule has 0 spiro atoms. The van der Waals surface area contributed by atoms with Crippen LogP contribution in [0.25, 0.3) is 10.9 Å². The van der Waals surface area contributed by atoms with Crippen LogP contribution in [-0.4, -0.2) is 31.8 Å². The molecule has 2 aromatic heterocycles. The smallest absolute Gasteiger partial charge is 0.295 e. The topological polar surface area (TPSA) is 111 Å². The summed E-state index contributed by atoms with van der Waals surface area (Å²) in [6, 6.07) is 6.19. The first-order chi connectivity index (χ1) is 11.1. The maximum Gasteiger partial charge on any atom is 0.295 e. The van der Waals surface area contributed by atoms with Crippen molar-refractivity contribution < 1.29 is 9.72 Å². The fourth-order valence-corrected chi connectivity index (χ4v) is 3.24. The molecule has 8 nitrogen and oxygen atoms in total. The molecule has 10 heteroatoms. The van der Waals surface area contributed by atoms with E-state index in [4.69, 9.17) is 0 Å². The molecule has 0 aliphatic carbocycles. The Morgan fingerprint density at radius 1 is 1.39 bits per heavy atom. The number of carbonyl (C=O) groups excluding carboxylic acids is 1. The third kappa shape index (κ3) is 3.43. The second kappa shape index (κ2) is 6.67. The lowest BCUT2D eigenvalue weighted by Gasteiger charge is -2.08. The number of hydrogen-bond donors (Lipinski definition) is 1. The van der Waals surface area contributed by atoms with Crippen LogP contribution >= 0.6 is 23.1 Å². The molecule has 1 amide bonds. The zero-order valence-electron chi connectivity index (χ0n) is 11.5. The second-order valence-electron chi connectivity index (χ2n) is 4.33. The first-order valence-electron chi connectivity index (χ1n) is 6.36. The average molecular weight is 347 g/mol. The van der Waals surface area contributed by atoms with Crippen LogP contribution in [-0.2, 0) is 4.79 Å². The molecule has 0 unspecified atom stereocenters. The molecule has 0 bridgehead atoms. The van der Waals surface area contributed by atoms with E-state index in [1.807, 2.05) is 0 Å². The third-order valence-corrected chi connectivity index (χ3v) is 4.75. The Labute approximate surface area is 138 Å². The third-order valence-electron chi connectivity index (χ3n) is 2.89. The predicted octanol–water partition coefficient (Wildman–Crippen LogP) is 2.73. The number of aromatic nitrogens is 3. The van der Waals surface area contributed by atoms with Crippen LogP contribution in [0.2, 0.25) is 0 Å². The van der Waals surface area contributed by atoms with Crippen LogP contribution in [0.4, 0.5) is 11.4 Å². The van der Waals surface area contributed by atoms with Crippen molar-refractivity contribution in [3.63, 3.8) is 0 Å². The summed E-state index contributed by atoms with van der Waals surface area (Å²) in [4.78, 5) is 26.6. The Balaban J connectivity index is 1.81. The maximum atomic E-state index is 12.0. The van der Waals surface area contributed by atoms with Gasteiger partial charge in [0.25, 0.3) is 5.69 Å². The molecule has 0 aliphatic rings. The second-order valence-corrected chi connectivity index (χ2v) is 6.39. The largest absolute Gasteiger partial charge is 0.325 e. The van der Waals surface area contributed by atoms with E-state index in [9.17, 15) is 14.9 Å². The van der Waals surface area contributed by atoms with Gasteiger partial charge in [0.05, 0.1) is 16.4 Å². The lowest BCUT2D eigenvalue weighted by atomic mass is 10.1. The van der Waals surface area contributed by atoms with Crippen LogP contribution in [0.15, 0.2) is 40.3 Å². The van der Waals surface area contributed by atoms with Crippen LogP contribution in [0, 0.1) is 10.1 Å². The number of carbonyl (C=O) groups is 1. The molecule has 116 valence electrons.